The molecule has 0 aliphatic carbocycles. The van der Waals surface area contributed by atoms with E-state index >= 15 is 0 Å². The van der Waals surface area contributed by atoms with Crippen LogP contribution in [0, 0.1) is 0 Å². The smallest absolute Gasteiger partial charge is 0.325 e. The van der Waals surface area contributed by atoms with E-state index < -0.39 is 11.5 Å². The highest BCUT2D eigenvalue weighted by Gasteiger charge is 2.45. The molecule has 70 valence electrons. The van der Waals surface area contributed by atoms with E-state index in [2.05, 4.69) is 10.2 Å². The lowest BCUT2D eigenvalue weighted by Crippen LogP contribution is -2.52. The Morgan fingerprint density at radius 3 is 2.50 bits per heavy atom. The van der Waals surface area contributed by atoms with E-state index in [0.29, 0.717) is 19.0 Å². The van der Waals surface area contributed by atoms with Crippen molar-refractivity contribution < 1.29 is 9.90 Å². The topological polar surface area (TPSA) is 52.6 Å². The number of likely N-dealkylation sites (tertiary alicyclic amines) is 1. The van der Waals surface area contributed by atoms with Crippen LogP contribution in [-0.4, -0.2) is 48.2 Å². The molecule has 12 heavy (non-hydrogen) atoms. The Bertz CT molecular complexity index is 183. The molecule has 1 heterocycles. The van der Waals surface area contributed by atoms with Crippen LogP contribution in [0.4, 0.5) is 0 Å². The third-order valence-corrected chi connectivity index (χ3v) is 2.80. The Morgan fingerprint density at radius 2 is 2.33 bits per heavy atom. The van der Waals surface area contributed by atoms with Gasteiger partial charge < -0.3 is 15.3 Å². The molecule has 1 saturated heterocycles. The maximum atomic E-state index is 11.0. The minimum absolute atomic E-state index is 0.341. The molecule has 0 aromatic rings. The van der Waals surface area contributed by atoms with E-state index in [4.69, 9.17) is 5.11 Å². The first-order valence-electron chi connectivity index (χ1n) is 4.14. The van der Waals surface area contributed by atoms with E-state index in [1.54, 1.807) is 7.05 Å². The fraction of sp³-hybridized carbons (Fsp3) is 0.875. The maximum Gasteiger partial charge on any atom is 0.325 e. The van der Waals surface area contributed by atoms with Crippen molar-refractivity contribution in [2.75, 3.05) is 20.6 Å². The van der Waals surface area contributed by atoms with Gasteiger partial charge in [0.15, 0.2) is 0 Å². The Balaban J connectivity index is 2.78. The number of hydrogen-bond donors (Lipinski definition) is 2. The van der Waals surface area contributed by atoms with Gasteiger partial charge in [-0.1, -0.05) is 0 Å². The molecular weight excluding hydrogens is 156 g/mol. The molecule has 2 N–H and O–H groups in total. The monoisotopic (exact) mass is 172 g/mol. The van der Waals surface area contributed by atoms with Gasteiger partial charge in [-0.05, 0) is 27.4 Å². The number of nitrogens with zero attached hydrogens (tertiary/aromatic N) is 1. The van der Waals surface area contributed by atoms with Gasteiger partial charge >= 0.3 is 5.97 Å². The van der Waals surface area contributed by atoms with Crippen LogP contribution in [0.25, 0.3) is 0 Å². The fourth-order valence-electron chi connectivity index (χ4n) is 1.75. The van der Waals surface area contributed by atoms with Crippen molar-refractivity contribution in [2.45, 2.75) is 24.9 Å². The van der Waals surface area contributed by atoms with Crippen molar-refractivity contribution in [3.05, 3.63) is 0 Å². The number of rotatable bonds is 2. The van der Waals surface area contributed by atoms with Crippen molar-refractivity contribution in [3.63, 3.8) is 0 Å². The summed E-state index contributed by atoms with van der Waals surface area (Å²) in [4.78, 5) is 13.0. The zero-order chi connectivity index (χ0) is 9.35. The van der Waals surface area contributed by atoms with Gasteiger partial charge in [0, 0.05) is 12.6 Å². The van der Waals surface area contributed by atoms with E-state index in [-0.39, 0.29) is 0 Å². The van der Waals surface area contributed by atoms with E-state index in [9.17, 15) is 4.79 Å². The summed E-state index contributed by atoms with van der Waals surface area (Å²) in [5, 5.41) is 11.9. The average molecular weight is 172 g/mol. The molecule has 1 rings (SSSR count). The van der Waals surface area contributed by atoms with Gasteiger partial charge in [-0.25, -0.2) is 0 Å². The molecule has 0 bridgehead atoms. The first-order valence-corrected chi connectivity index (χ1v) is 4.14. The highest BCUT2D eigenvalue weighted by atomic mass is 16.4. The van der Waals surface area contributed by atoms with Crippen molar-refractivity contribution in [3.8, 4) is 0 Å². The van der Waals surface area contributed by atoms with E-state index in [1.165, 1.54) is 0 Å². The zero-order valence-electron chi connectivity index (χ0n) is 7.79. The van der Waals surface area contributed by atoms with E-state index in [1.807, 2.05) is 14.0 Å². The second-order valence-electron chi connectivity index (χ2n) is 3.61. The van der Waals surface area contributed by atoms with Crippen LogP contribution in [0.5, 0.6) is 0 Å². The van der Waals surface area contributed by atoms with Gasteiger partial charge in [-0.2, -0.15) is 0 Å². The summed E-state index contributed by atoms with van der Waals surface area (Å²) < 4.78 is 0. The number of hydrogen-bond acceptors (Lipinski definition) is 3. The molecule has 1 aliphatic heterocycles. The third-order valence-electron chi connectivity index (χ3n) is 2.80. The molecule has 2 unspecified atom stereocenters. The quantitative estimate of drug-likeness (QED) is 0.603. The Kier molecular flexibility index (Phi) is 2.39. The molecule has 0 amide bonds. The molecule has 0 radical (unpaired) electrons. The van der Waals surface area contributed by atoms with Crippen LogP contribution >= 0.6 is 0 Å². The van der Waals surface area contributed by atoms with Gasteiger partial charge in [0.1, 0.15) is 5.54 Å². The normalized spacial score (nSPS) is 37.1. The van der Waals surface area contributed by atoms with Crippen LogP contribution in [0.2, 0.25) is 0 Å². The van der Waals surface area contributed by atoms with Crippen molar-refractivity contribution in [1.82, 2.24) is 10.2 Å². The Labute approximate surface area is 72.6 Å². The van der Waals surface area contributed by atoms with Crippen LogP contribution in [-0.2, 0) is 4.79 Å². The first kappa shape index (κ1) is 9.48. The molecule has 0 spiro atoms. The van der Waals surface area contributed by atoms with Crippen molar-refractivity contribution in [1.29, 1.82) is 0 Å². The van der Waals surface area contributed by atoms with Gasteiger partial charge in [-0.3, -0.25) is 4.79 Å². The molecule has 4 heteroatoms. The van der Waals surface area contributed by atoms with Gasteiger partial charge in [0.05, 0.1) is 0 Å². The predicted molar refractivity (Wildman–Crippen MR) is 46.1 cm³/mol. The SMILES string of the molecule is CNC1(C(=O)O)CC(C)N(C)C1. The predicted octanol–water partition coefficient (Wildman–Crippen LogP) is -0.247. The molecular formula is C8H16N2O2. The third kappa shape index (κ3) is 1.32. The van der Waals surface area contributed by atoms with Crippen molar-refractivity contribution >= 4 is 5.97 Å². The Morgan fingerprint density at radius 1 is 1.75 bits per heavy atom. The second-order valence-corrected chi connectivity index (χ2v) is 3.61. The lowest BCUT2D eigenvalue weighted by atomic mass is 9.97. The number of nitrogens with one attached hydrogen (secondary N) is 1. The minimum Gasteiger partial charge on any atom is -0.480 e. The summed E-state index contributed by atoms with van der Waals surface area (Å²) in [5.74, 6) is -0.749. The summed E-state index contributed by atoms with van der Waals surface area (Å²) in [6, 6.07) is 0.341. The van der Waals surface area contributed by atoms with Crippen LogP contribution < -0.4 is 5.32 Å². The molecule has 0 saturated carbocycles. The number of carboxylic acids is 1. The van der Waals surface area contributed by atoms with Gasteiger partial charge in [0.2, 0.25) is 0 Å². The lowest BCUT2D eigenvalue weighted by molar-refractivity contribution is -0.144. The molecule has 0 aromatic heterocycles. The minimum atomic E-state index is -0.749. The van der Waals surface area contributed by atoms with Crippen molar-refractivity contribution in [2.24, 2.45) is 0 Å². The van der Waals surface area contributed by atoms with Gasteiger partial charge in [0.25, 0.3) is 0 Å². The summed E-state index contributed by atoms with van der Waals surface area (Å²) in [6.07, 6.45) is 0.676. The van der Waals surface area contributed by atoms with Crippen LogP contribution in [0.3, 0.4) is 0 Å². The molecule has 1 fully saturated rings. The number of carbonyl (C=O) groups is 1. The second kappa shape index (κ2) is 3.03. The summed E-state index contributed by atoms with van der Waals surface area (Å²) in [6.45, 7) is 2.63. The summed E-state index contributed by atoms with van der Waals surface area (Å²) in [5.41, 5.74) is -0.728. The molecule has 1 aliphatic rings. The summed E-state index contributed by atoms with van der Waals surface area (Å²) >= 11 is 0. The highest BCUT2D eigenvalue weighted by molar-refractivity contribution is 5.79. The van der Waals surface area contributed by atoms with Crippen LogP contribution in [0.15, 0.2) is 0 Å². The molecule has 2 atom stereocenters. The number of carboxylic acid groups (broad SMARTS) is 1. The molecule has 4 nitrogen and oxygen atoms in total. The zero-order valence-corrected chi connectivity index (χ0v) is 7.79. The largest absolute Gasteiger partial charge is 0.480 e. The van der Waals surface area contributed by atoms with Crippen LogP contribution in [0.1, 0.15) is 13.3 Å². The average Bonchev–Trinajstić information content (AvgIpc) is 2.29. The first-order chi connectivity index (χ1) is 5.52. The Hall–Kier alpha value is -0.610. The van der Waals surface area contributed by atoms with Gasteiger partial charge in [-0.15, -0.1) is 0 Å². The highest BCUT2D eigenvalue weighted by Crippen LogP contribution is 2.25. The standard InChI is InChI=1S/C8H16N2O2/c1-6-4-8(9-2,7(11)12)5-10(6)3/h6,9H,4-5H2,1-3H3,(H,11,12). The number of likely N-dealkylation sites (N-methyl/N-ethyl adjacent to an activating group) is 2. The molecule has 0 aromatic carbocycles. The summed E-state index contributed by atoms with van der Waals surface area (Å²) in [7, 11) is 3.66. The fourth-order valence-corrected chi connectivity index (χ4v) is 1.75. The maximum absolute atomic E-state index is 11.0. The number of aliphatic carboxylic acids is 1. The lowest BCUT2D eigenvalue weighted by Gasteiger charge is -2.22. The van der Waals surface area contributed by atoms with E-state index in [0.717, 1.165) is 0 Å².